The van der Waals surface area contributed by atoms with Crippen LogP contribution in [0.2, 0.25) is 5.04 Å². The first-order chi connectivity index (χ1) is 10.5. The van der Waals surface area contributed by atoms with Crippen molar-refractivity contribution in [3.8, 4) is 0 Å². The number of hydrogen-bond acceptors (Lipinski definition) is 1. The van der Waals surface area contributed by atoms with Crippen LogP contribution in [0, 0.1) is 6.58 Å². The molecule has 0 saturated heterocycles. The fourth-order valence-corrected chi connectivity index (χ4v) is 7.62. The SMILES string of the molecule is [Br-].[CH-]=CCCO[Si](c1ccccc1)(c1ccccc1)C(C)(C)C.[Mg+2]. The zero-order chi connectivity index (χ0) is 16.1. The first-order valence-corrected chi connectivity index (χ1v) is 9.71. The van der Waals surface area contributed by atoms with Crippen LogP contribution >= 0.6 is 0 Å². The molecule has 0 unspecified atom stereocenters. The molecule has 0 N–H and O–H groups in total. The van der Waals surface area contributed by atoms with Crippen molar-refractivity contribution in [3.63, 3.8) is 0 Å². The summed E-state index contributed by atoms with van der Waals surface area (Å²) < 4.78 is 6.63. The molecule has 1 nitrogen and oxygen atoms in total. The Morgan fingerprint density at radius 2 is 1.33 bits per heavy atom. The van der Waals surface area contributed by atoms with Gasteiger partial charge < -0.3 is 28.0 Å². The van der Waals surface area contributed by atoms with Crippen LogP contribution in [-0.4, -0.2) is 38.0 Å². The van der Waals surface area contributed by atoms with Crippen molar-refractivity contribution in [3.05, 3.63) is 73.3 Å². The van der Waals surface area contributed by atoms with Crippen LogP contribution in [0.3, 0.4) is 0 Å². The summed E-state index contributed by atoms with van der Waals surface area (Å²) in [6.45, 7) is 13.1. The molecular formula is C20H25BrMgOSi. The molecule has 0 heterocycles. The molecule has 0 aliphatic carbocycles. The average Bonchev–Trinajstić information content (AvgIpc) is 2.52. The van der Waals surface area contributed by atoms with Gasteiger partial charge in [0.05, 0.1) is 0 Å². The molecule has 2 aromatic carbocycles. The van der Waals surface area contributed by atoms with E-state index in [-0.39, 0.29) is 45.1 Å². The van der Waals surface area contributed by atoms with Crippen molar-refractivity contribution < 1.29 is 21.4 Å². The first kappa shape index (κ1) is 23.6. The molecular weight excluding hydrogens is 389 g/mol. The maximum Gasteiger partial charge on any atom is 2.00 e. The maximum atomic E-state index is 6.63. The second-order valence-electron chi connectivity index (χ2n) is 6.54. The third-order valence-corrected chi connectivity index (χ3v) is 9.06. The molecule has 0 saturated carbocycles. The van der Waals surface area contributed by atoms with Crippen molar-refractivity contribution in [1.82, 2.24) is 0 Å². The van der Waals surface area contributed by atoms with Crippen LogP contribution < -0.4 is 27.4 Å². The van der Waals surface area contributed by atoms with Gasteiger partial charge in [0, 0.05) is 6.61 Å². The predicted octanol–water partition coefficient (Wildman–Crippen LogP) is 0.565. The van der Waals surface area contributed by atoms with Gasteiger partial charge in [-0.15, -0.1) is 0 Å². The fraction of sp³-hybridized carbons (Fsp3) is 0.300. The molecule has 0 radical (unpaired) electrons. The smallest absolute Gasteiger partial charge is 1.00 e. The number of benzene rings is 2. The van der Waals surface area contributed by atoms with Crippen LogP contribution in [0.25, 0.3) is 0 Å². The number of halogens is 1. The van der Waals surface area contributed by atoms with Crippen LogP contribution in [0.1, 0.15) is 27.2 Å². The average molecular weight is 414 g/mol. The molecule has 0 aliphatic heterocycles. The van der Waals surface area contributed by atoms with Crippen LogP contribution in [0.4, 0.5) is 0 Å². The summed E-state index contributed by atoms with van der Waals surface area (Å²) in [7, 11) is -2.36. The summed E-state index contributed by atoms with van der Waals surface area (Å²) >= 11 is 0. The van der Waals surface area contributed by atoms with E-state index in [0.29, 0.717) is 6.61 Å². The van der Waals surface area contributed by atoms with Gasteiger partial charge >= 0.3 is 23.1 Å². The Balaban J connectivity index is 0.00000264. The van der Waals surface area contributed by atoms with E-state index in [9.17, 15) is 0 Å². The molecule has 0 bridgehead atoms. The first-order valence-electron chi connectivity index (χ1n) is 7.81. The molecule has 0 aliphatic rings. The summed E-state index contributed by atoms with van der Waals surface area (Å²) in [5.41, 5.74) is 0. The van der Waals surface area contributed by atoms with Crippen molar-refractivity contribution >= 4 is 41.7 Å². The van der Waals surface area contributed by atoms with Gasteiger partial charge in [-0.3, -0.25) is 6.08 Å². The van der Waals surface area contributed by atoms with Crippen LogP contribution in [0.5, 0.6) is 0 Å². The van der Waals surface area contributed by atoms with Gasteiger partial charge in [-0.05, 0) is 21.8 Å². The van der Waals surface area contributed by atoms with Gasteiger partial charge in [0.2, 0.25) is 0 Å². The zero-order valence-corrected chi connectivity index (χ0v) is 18.8. The van der Waals surface area contributed by atoms with Gasteiger partial charge in [0.1, 0.15) is 0 Å². The number of hydrogen-bond donors (Lipinski definition) is 0. The molecule has 2 rings (SSSR count). The third-order valence-electron chi connectivity index (χ3n) is 4.02. The van der Waals surface area contributed by atoms with E-state index in [1.165, 1.54) is 10.4 Å². The van der Waals surface area contributed by atoms with E-state index in [1.807, 2.05) is 0 Å². The Kier molecular flexibility index (Phi) is 10.4. The molecule has 0 atom stereocenters. The minimum absolute atomic E-state index is 0. The Bertz CT molecular complexity index is 557. The molecule has 4 heteroatoms. The third kappa shape index (κ3) is 5.05. The molecule has 124 valence electrons. The minimum atomic E-state index is -2.36. The van der Waals surface area contributed by atoms with Crippen molar-refractivity contribution in [1.29, 1.82) is 0 Å². The van der Waals surface area contributed by atoms with Gasteiger partial charge in [-0.25, -0.2) is 0 Å². The summed E-state index contributed by atoms with van der Waals surface area (Å²) in [5.74, 6) is 0. The Morgan fingerprint density at radius 1 is 0.917 bits per heavy atom. The second-order valence-corrected chi connectivity index (χ2v) is 10.8. The van der Waals surface area contributed by atoms with Crippen molar-refractivity contribution in [2.75, 3.05) is 6.61 Å². The van der Waals surface area contributed by atoms with E-state index >= 15 is 0 Å². The van der Waals surface area contributed by atoms with Gasteiger partial charge in [0.15, 0.2) is 0 Å². The summed E-state index contributed by atoms with van der Waals surface area (Å²) in [5, 5.41) is 2.65. The van der Waals surface area contributed by atoms with E-state index in [1.54, 1.807) is 6.08 Å². The Morgan fingerprint density at radius 3 is 1.67 bits per heavy atom. The maximum absolute atomic E-state index is 6.63. The summed E-state index contributed by atoms with van der Waals surface area (Å²) in [6, 6.07) is 21.3. The molecule has 2 aromatic rings. The van der Waals surface area contributed by atoms with Crippen LogP contribution in [0.15, 0.2) is 66.7 Å². The predicted molar refractivity (Wildman–Crippen MR) is 103 cm³/mol. The monoisotopic (exact) mass is 412 g/mol. The Labute approximate surface area is 174 Å². The largest absolute Gasteiger partial charge is 2.00 e. The second kappa shape index (κ2) is 10.6. The molecule has 0 spiro atoms. The molecule has 0 fully saturated rings. The van der Waals surface area contributed by atoms with Gasteiger partial charge in [-0.1, -0.05) is 81.4 Å². The topological polar surface area (TPSA) is 9.23 Å². The van der Waals surface area contributed by atoms with Crippen molar-refractivity contribution in [2.24, 2.45) is 0 Å². The molecule has 0 aromatic heterocycles. The number of rotatable bonds is 6. The van der Waals surface area contributed by atoms with E-state index < -0.39 is 8.32 Å². The van der Waals surface area contributed by atoms with Gasteiger partial charge in [0.25, 0.3) is 8.32 Å². The normalized spacial score (nSPS) is 11.1. The molecule has 24 heavy (non-hydrogen) atoms. The standard InChI is InChI=1S/C20H25OSi.BrH.Mg/c1-5-6-17-21-22(20(2,3)4,18-13-9-7-10-14-18)19-15-11-8-12-16-19;;/h1,5,7-16H,6,17H2,2-4H3;1H;/q-1;;+2/p-1. The Hall–Kier alpha value is -0.397. The fourth-order valence-electron chi connectivity index (χ4n) is 3.04. The zero-order valence-electron chi connectivity index (χ0n) is 14.8. The van der Waals surface area contributed by atoms with E-state index in [0.717, 1.165) is 6.42 Å². The van der Waals surface area contributed by atoms with Crippen LogP contribution in [-0.2, 0) is 4.43 Å². The van der Waals surface area contributed by atoms with E-state index in [4.69, 9.17) is 11.0 Å². The minimum Gasteiger partial charge on any atom is -1.00 e. The van der Waals surface area contributed by atoms with Crippen molar-refractivity contribution in [2.45, 2.75) is 32.2 Å². The quantitative estimate of drug-likeness (QED) is 0.382. The summed E-state index contributed by atoms with van der Waals surface area (Å²) in [6.07, 6.45) is 2.45. The van der Waals surface area contributed by atoms with Gasteiger partial charge in [-0.2, -0.15) is 0 Å². The summed E-state index contributed by atoms with van der Waals surface area (Å²) in [4.78, 5) is 0. The van der Waals surface area contributed by atoms with E-state index in [2.05, 4.69) is 81.4 Å². The molecule has 0 amide bonds.